The Hall–Kier alpha value is -3.88. The summed E-state index contributed by atoms with van der Waals surface area (Å²) in [7, 11) is 0. The molecule has 8 aromatic rings. The summed E-state index contributed by atoms with van der Waals surface area (Å²) in [4.78, 5) is 0. The molecule has 2 nitrogen and oxygen atoms in total. The van der Waals surface area contributed by atoms with Crippen molar-refractivity contribution in [2.45, 2.75) is 91.9 Å². The molecule has 0 atom stereocenters. The van der Waals surface area contributed by atoms with Crippen molar-refractivity contribution in [3.63, 3.8) is 0 Å². The first kappa shape index (κ1) is 45.8. The Morgan fingerprint density at radius 3 is 1.21 bits per heavy atom. The minimum absolute atomic E-state index is 0. The number of halogens is 2. The predicted octanol–water partition coefficient (Wildman–Crippen LogP) is 9.57. The third kappa shape index (κ3) is 11.2. The van der Waals surface area contributed by atoms with E-state index in [1.807, 2.05) is 0 Å². The minimum atomic E-state index is 0. The second-order valence-electron chi connectivity index (χ2n) is 14.7. The van der Waals surface area contributed by atoms with Crippen LogP contribution >= 0.6 is 0 Å². The maximum Gasteiger partial charge on any atom is 4.00 e. The summed E-state index contributed by atoms with van der Waals surface area (Å²) in [6, 6.07) is 48.7. The third-order valence-electron chi connectivity index (χ3n) is 10.6. The second-order valence-corrected chi connectivity index (χ2v) is 14.7. The summed E-state index contributed by atoms with van der Waals surface area (Å²) in [5.74, 6) is 4.08. The van der Waals surface area contributed by atoms with E-state index in [0.29, 0.717) is 0 Å². The zero-order valence-corrected chi connectivity index (χ0v) is 37.8. The van der Waals surface area contributed by atoms with Crippen molar-refractivity contribution in [1.29, 1.82) is 0 Å². The van der Waals surface area contributed by atoms with Crippen LogP contribution in [0.1, 0.15) is 88.9 Å². The van der Waals surface area contributed by atoms with Gasteiger partial charge in [0, 0.05) is 12.8 Å². The van der Waals surface area contributed by atoms with E-state index >= 15 is 0 Å². The van der Waals surface area contributed by atoms with Crippen molar-refractivity contribution in [3.8, 4) is 44.9 Å². The van der Waals surface area contributed by atoms with Gasteiger partial charge in [0.05, 0.1) is 23.0 Å². The fourth-order valence-corrected chi connectivity index (χ4v) is 7.55. The van der Waals surface area contributed by atoms with Gasteiger partial charge < -0.3 is 33.6 Å². The third-order valence-corrected chi connectivity index (χ3v) is 10.6. The Bertz CT molecular complexity index is 2220. The molecule has 0 bridgehead atoms. The van der Waals surface area contributed by atoms with Gasteiger partial charge in [-0.05, 0) is 85.0 Å². The molecule has 0 unspecified atom stereocenters. The van der Waals surface area contributed by atoms with E-state index in [2.05, 4.69) is 161 Å². The van der Waals surface area contributed by atoms with E-state index in [1.165, 1.54) is 105 Å². The van der Waals surface area contributed by atoms with Gasteiger partial charge in [-0.2, -0.15) is 0 Å². The van der Waals surface area contributed by atoms with Crippen molar-refractivity contribution in [3.05, 3.63) is 156 Å². The average molecular weight is 873 g/mol. The predicted molar refractivity (Wildman–Crippen MR) is 231 cm³/mol. The maximum atomic E-state index is 6.04. The fraction of sp³-hybridized carbons (Fsp3) is 0.269. The molecule has 57 heavy (non-hydrogen) atoms. The smallest absolute Gasteiger partial charge is 1.00 e. The van der Waals surface area contributed by atoms with Gasteiger partial charge in [-0.3, -0.25) is 0 Å². The first-order chi connectivity index (χ1) is 26.6. The number of unbranched alkanes of at least 4 members (excludes halogenated alkanes) is 2. The van der Waals surface area contributed by atoms with Gasteiger partial charge >= 0.3 is 26.2 Å². The van der Waals surface area contributed by atoms with Crippen LogP contribution in [0, 0.1) is 0 Å². The van der Waals surface area contributed by atoms with Crippen LogP contribution in [-0.2, 0) is 51.9 Å². The number of hydrogen-bond donors (Lipinski definition) is 0. The van der Waals surface area contributed by atoms with E-state index in [1.54, 1.807) is 0 Å². The topological polar surface area (TPSA) is 26.3 Å². The molecular weight excluding hydrogens is 819 g/mol. The molecule has 0 fully saturated rings. The number of benzene rings is 4. The van der Waals surface area contributed by atoms with E-state index in [4.69, 9.17) is 8.83 Å². The minimum Gasteiger partial charge on any atom is -1.00 e. The van der Waals surface area contributed by atoms with Crippen molar-refractivity contribution >= 4 is 21.5 Å². The quantitative estimate of drug-likeness (QED) is 0.102. The Kier molecular flexibility index (Phi) is 17.9. The molecule has 8 rings (SSSR count). The zero-order valence-electron chi connectivity index (χ0n) is 33.8. The molecule has 2 heterocycles. The van der Waals surface area contributed by atoms with Crippen LogP contribution in [0.4, 0.5) is 0 Å². The Morgan fingerprint density at radius 1 is 0.439 bits per heavy atom. The van der Waals surface area contributed by atoms with E-state index < -0.39 is 0 Å². The van der Waals surface area contributed by atoms with Crippen LogP contribution in [-0.4, -0.2) is 0 Å². The van der Waals surface area contributed by atoms with E-state index in [9.17, 15) is 0 Å². The second kappa shape index (κ2) is 22.3. The Labute approximate surface area is 371 Å². The van der Waals surface area contributed by atoms with Gasteiger partial charge in [-0.1, -0.05) is 136 Å². The first-order valence-corrected chi connectivity index (χ1v) is 20.3. The maximum absolute atomic E-state index is 6.04. The normalized spacial score (nSPS) is 10.7. The van der Waals surface area contributed by atoms with Crippen molar-refractivity contribution in [1.82, 2.24) is 0 Å². The summed E-state index contributed by atoms with van der Waals surface area (Å²) in [6.07, 6.45) is 11.5. The Balaban J connectivity index is 0.000000240. The van der Waals surface area contributed by atoms with Crippen molar-refractivity contribution in [2.24, 2.45) is 0 Å². The van der Waals surface area contributed by atoms with Gasteiger partial charge in [-0.15, -0.1) is 57.9 Å². The van der Waals surface area contributed by atoms with Crippen LogP contribution in [0.2, 0.25) is 0 Å². The molecule has 0 aliphatic carbocycles. The van der Waals surface area contributed by atoms with Gasteiger partial charge in [0.15, 0.2) is 0 Å². The molecule has 0 saturated heterocycles. The van der Waals surface area contributed by atoms with Crippen LogP contribution in [0.15, 0.2) is 142 Å². The van der Waals surface area contributed by atoms with Crippen molar-refractivity contribution in [2.75, 3.05) is 0 Å². The average Bonchev–Trinajstić information content (AvgIpc) is 4.03. The number of hydrogen-bond acceptors (Lipinski definition) is 2. The van der Waals surface area contributed by atoms with Crippen LogP contribution in [0.3, 0.4) is 0 Å². The molecule has 0 aliphatic heterocycles. The summed E-state index contributed by atoms with van der Waals surface area (Å²) >= 11 is 0. The summed E-state index contributed by atoms with van der Waals surface area (Å²) < 4.78 is 12.1. The van der Waals surface area contributed by atoms with E-state index in [-0.39, 0.29) is 51.0 Å². The number of aryl methyl sites for hydroxylation is 4. The standard InChI is InChI=1S/2C26H27O.2ClH.Zr/c2*1-3-5-8-19-11-13-20(14-12-19)24-10-6-9-21-17-22(18-25(21)24)26-16-15-23(27-26)7-4-2;;;/h2*6,9-18H,3-5,7-8H2,1-2H3;2*1H;/q2*-1;;;+4/p-2. The van der Waals surface area contributed by atoms with Crippen LogP contribution in [0.25, 0.3) is 66.4 Å². The van der Waals surface area contributed by atoms with Crippen LogP contribution in [0.5, 0.6) is 0 Å². The van der Waals surface area contributed by atoms with Gasteiger partial charge in [-0.25, -0.2) is 0 Å². The molecule has 0 spiro atoms. The molecule has 0 radical (unpaired) electrons. The molecule has 2 aromatic heterocycles. The number of fused-ring (bicyclic) bond motifs is 2. The monoisotopic (exact) mass is 870 g/mol. The molecule has 0 N–H and O–H groups in total. The molecule has 6 aromatic carbocycles. The molecule has 0 amide bonds. The molecule has 292 valence electrons. The molecule has 0 aliphatic rings. The SMILES string of the molecule is CCCCc1ccc(-c2cccc3[cH-]c(-c4ccc(CCC)o4)cc23)cc1.CCCCc1ccc(-c2cccc3[cH-]c(-c4ccc(CCC)o4)cc23)cc1.[Cl-].[Cl-].[Zr+4]. The molecule has 5 heteroatoms. The summed E-state index contributed by atoms with van der Waals surface area (Å²) in [5.41, 5.74) is 10.3. The number of rotatable bonds is 14. The van der Waals surface area contributed by atoms with Gasteiger partial charge in [0.25, 0.3) is 0 Å². The van der Waals surface area contributed by atoms with Gasteiger partial charge in [0.1, 0.15) is 0 Å². The van der Waals surface area contributed by atoms with E-state index in [0.717, 1.165) is 48.7 Å². The molecule has 0 saturated carbocycles. The number of furan rings is 2. The van der Waals surface area contributed by atoms with Gasteiger partial charge in [0.2, 0.25) is 0 Å². The van der Waals surface area contributed by atoms with Crippen LogP contribution < -0.4 is 24.8 Å². The zero-order chi connectivity index (χ0) is 37.3. The molecular formula is C52H54Cl2O2Zr. The summed E-state index contributed by atoms with van der Waals surface area (Å²) in [6.45, 7) is 8.84. The fourth-order valence-electron chi connectivity index (χ4n) is 7.55. The first-order valence-electron chi connectivity index (χ1n) is 20.3. The summed E-state index contributed by atoms with van der Waals surface area (Å²) in [5, 5.41) is 5.13. The van der Waals surface area contributed by atoms with Crippen molar-refractivity contribution < 1.29 is 59.9 Å². The Morgan fingerprint density at radius 2 is 0.842 bits per heavy atom. The largest absolute Gasteiger partial charge is 4.00 e.